The third-order valence-corrected chi connectivity index (χ3v) is 1.78. The normalized spacial score (nSPS) is 8.67. The van der Waals surface area contributed by atoms with Crippen LogP contribution in [-0.2, 0) is 0 Å². The molecule has 0 unspecified atom stereocenters. The van der Waals surface area contributed by atoms with E-state index >= 15 is 0 Å². The van der Waals surface area contributed by atoms with Crippen LogP contribution in [0.3, 0.4) is 0 Å². The third kappa shape index (κ3) is 11.9. The number of nitrogens with two attached hydrogens (primary N) is 1. The lowest BCUT2D eigenvalue weighted by atomic mass is 10.5. The van der Waals surface area contributed by atoms with Crippen molar-refractivity contribution in [3.05, 3.63) is 0 Å². The highest BCUT2D eigenvalue weighted by Crippen LogP contribution is 1.98. The first-order valence-electron chi connectivity index (χ1n) is 2.80. The molecular formula is C5H14ClNOS. The van der Waals surface area contributed by atoms with Gasteiger partial charge >= 0.3 is 0 Å². The van der Waals surface area contributed by atoms with Gasteiger partial charge in [0.15, 0.2) is 0 Å². The van der Waals surface area contributed by atoms with Gasteiger partial charge in [0.1, 0.15) is 0 Å². The maximum Gasteiger partial charge on any atom is 0.0521 e. The maximum atomic E-state index is 8.31. The van der Waals surface area contributed by atoms with Gasteiger partial charge < -0.3 is 10.8 Å². The first-order valence-corrected chi connectivity index (χ1v) is 3.96. The van der Waals surface area contributed by atoms with Gasteiger partial charge in [-0.2, -0.15) is 11.8 Å². The summed E-state index contributed by atoms with van der Waals surface area (Å²) in [5.74, 6) is 1.93. The van der Waals surface area contributed by atoms with Crippen molar-refractivity contribution in [1.82, 2.24) is 0 Å². The van der Waals surface area contributed by atoms with Gasteiger partial charge in [-0.3, -0.25) is 0 Å². The summed E-state index contributed by atoms with van der Waals surface area (Å²) in [7, 11) is 0. The second-order valence-electron chi connectivity index (χ2n) is 1.48. The molecule has 0 aromatic carbocycles. The number of hydrogen-bond donors (Lipinski definition) is 2. The molecule has 4 heteroatoms. The van der Waals surface area contributed by atoms with Crippen molar-refractivity contribution in [1.29, 1.82) is 0 Å². The molecule has 0 spiro atoms. The van der Waals surface area contributed by atoms with Crippen LogP contribution in [-0.4, -0.2) is 29.8 Å². The topological polar surface area (TPSA) is 46.2 Å². The summed E-state index contributed by atoms with van der Waals surface area (Å²) in [6.45, 7) is 1.05. The Balaban J connectivity index is 0. The predicted molar refractivity (Wildman–Crippen MR) is 45.3 cm³/mol. The quantitative estimate of drug-likeness (QED) is 0.592. The minimum Gasteiger partial charge on any atom is -0.396 e. The van der Waals surface area contributed by atoms with E-state index in [4.69, 9.17) is 10.8 Å². The van der Waals surface area contributed by atoms with Crippen LogP contribution in [0.1, 0.15) is 6.42 Å². The van der Waals surface area contributed by atoms with Gasteiger partial charge in [0.25, 0.3) is 0 Å². The van der Waals surface area contributed by atoms with Crippen LogP contribution in [0, 0.1) is 0 Å². The van der Waals surface area contributed by atoms with Crippen LogP contribution in [0.15, 0.2) is 0 Å². The minimum atomic E-state index is 0. The lowest BCUT2D eigenvalue weighted by Gasteiger charge is -1.94. The highest BCUT2D eigenvalue weighted by atomic mass is 35.5. The van der Waals surface area contributed by atoms with Gasteiger partial charge in [-0.05, 0) is 18.7 Å². The summed E-state index contributed by atoms with van der Waals surface area (Å²) >= 11 is 1.75. The molecule has 0 saturated carbocycles. The largest absolute Gasteiger partial charge is 0.396 e. The zero-order chi connectivity index (χ0) is 6.24. The van der Waals surface area contributed by atoms with Crippen molar-refractivity contribution in [3.63, 3.8) is 0 Å². The van der Waals surface area contributed by atoms with Crippen molar-refractivity contribution in [2.45, 2.75) is 6.42 Å². The summed E-state index contributed by atoms with van der Waals surface area (Å²) < 4.78 is 0. The highest BCUT2D eigenvalue weighted by Gasteiger charge is 1.83. The van der Waals surface area contributed by atoms with E-state index in [0.717, 1.165) is 24.5 Å². The monoisotopic (exact) mass is 171 g/mol. The Morgan fingerprint density at radius 3 is 2.44 bits per heavy atom. The molecule has 0 aliphatic carbocycles. The molecule has 0 fully saturated rings. The summed E-state index contributed by atoms with van der Waals surface area (Å²) in [5, 5.41) is 8.31. The second kappa shape index (κ2) is 11.4. The van der Waals surface area contributed by atoms with Gasteiger partial charge in [0, 0.05) is 5.75 Å². The fourth-order valence-corrected chi connectivity index (χ4v) is 1.06. The number of aliphatic hydroxyl groups excluding tert-OH is 1. The van der Waals surface area contributed by atoms with Gasteiger partial charge in [-0.25, -0.2) is 0 Å². The molecule has 0 amide bonds. The number of hydrogen-bond acceptors (Lipinski definition) is 3. The van der Waals surface area contributed by atoms with E-state index in [2.05, 4.69) is 0 Å². The van der Waals surface area contributed by atoms with E-state index in [-0.39, 0.29) is 19.0 Å². The summed E-state index contributed by atoms with van der Waals surface area (Å²) in [6.07, 6.45) is 1.06. The number of rotatable bonds is 5. The van der Waals surface area contributed by atoms with E-state index < -0.39 is 0 Å². The summed E-state index contributed by atoms with van der Waals surface area (Å²) in [5.41, 5.74) is 5.23. The van der Waals surface area contributed by atoms with E-state index in [9.17, 15) is 0 Å². The van der Waals surface area contributed by atoms with Crippen LogP contribution < -0.4 is 5.73 Å². The Bertz CT molecular complexity index is 41.9. The molecular weight excluding hydrogens is 158 g/mol. The van der Waals surface area contributed by atoms with E-state index in [1.54, 1.807) is 11.8 Å². The van der Waals surface area contributed by atoms with Gasteiger partial charge in [0.2, 0.25) is 0 Å². The van der Waals surface area contributed by atoms with Crippen LogP contribution in [0.4, 0.5) is 0 Å². The predicted octanol–water partition coefficient (Wildman–Crippen LogP) is 0.482. The smallest absolute Gasteiger partial charge is 0.0521 e. The van der Waals surface area contributed by atoms with Crippen LogP contribution in [0.5, 0.6) is 0 Å². The van der Waals surface area contributed by atoms with Crippen molar-refractivity contribution < 1.29 is 5.11 Å². The van der Waals surface area contributed by atoms with Crippen LogP contribution in [0.25, 0.3) is 0 Å². The Morgan fingerprint density at radius 1 is 1.33 bits per heavy atom. The molecule has 0 saturated heterocycles. The molecule has 0 aromatic heterocycles. The fourth-order valence-electron chi connectivity index (χ4n) is 0.352. The van der Waals surface area contributed by atoms with E-state index in [0.29, 0.717) is 0 Å². The molecule has 9 heavy (non-hydrogen) atoms. The molecule has 0 radical (unpaired) electrons. The first-order chi connectivity index (χ1) is 3.91. The lowest BCUT2D eigenvalue weighted by molar-refractivity contribution is 0.322. The molecule has 0 atom stereocenters. The third-order valence-electron chi connectivity index (χ3n) is 0.728. The minimum absolute atomic E-state index is 0. The molecule has 3 N–H and O–H groups in total. The van der Waals surface area contributed by atoms with Crippen molar-refractivity contribution >= 4 is 24.2 Å². The van der Waals surface area contributed by atoms with Crippen LogP contribution >= 0.6 is 24.2 Å². The molecule has 0 rings (SSSR count). The molecule has 0 heterocycles. The van der Waals surface area contributed by atoms with Crippen LogP contribution in [0.2, 0.25) is 0 Å². The molecule has 0 aliphatic rings. The highest BCUT2D eigenvalue weighted by molar-refractivity contribution is 7.99. The second-order valence-corrected chi connectivity index (χ2v) is 2.70. The van der Waals surface area contributed by atoms with Crippen molar-refractivity contribution in [2.24, 2.45) is 5.73 Å². The SMILES string of the molecule is Cl.NCCCSCCO. The van der Waals surface area contributed by atoms with Crippen molar-refractivity contribution in [3.8, 4) is 0 Å². The number of halogens is 1. The van der Waals surface area contributed by atoms with E-state index in [1.807, 2.05) is 0 Å². The zero-order valence-corrected chi connectivity index (χ0v) is 7.01. The molecule has 2 nitrogen and oxygen atoms in total. The summed E-state index contributed by atoms with van der Waals surface area (Å²) in [4.78, 5) is 0. The average Bonchev–Trinajstić information content (AvgIpc) is 1.81. The van der Waals surface area contributed by atoms with Gasteiger partial charge in [0.05, 0.1) is 6.61 Å². The lowest BCUT2D eigenvalue weighted by Crippen LogP contribution is -2.00. The van der Waals surface area contributed by atoms with Gasteiger partial charge in [-0.15, -0.1) is 12.4 Å². The zero-order valence-electron chi connectivity index (χ0n) is 5.38. The Kier molecular flexibility index (Phi) is 15.5. The molecule has 0 aliphatic heterocycles. The number of thioether (sulfide) groups is 1. The Morgan fingerprint density at radius 2 is 2.00 bits per heavy atom. The van der Waals surface area contributed by atoms with Gasteiger partial charge in [-0.1, -0.05) is 0 Å². The Hall–Kier alpha value is 0.560. The summed E-state index contributed by atoms with van der Waals surface area (Å²) in [6, 6.07) is 0. The fraction of sp³-hybridized carbons (Fsp3) is 1.00. The standard InChI is InChI=1S/C5H13NOS.ClH/c6-2-1-4-8-5-3-7;/h7H,1-6H2;1H. The number of aliphatic hydroxyl groups is 1. The molecule has 58 valence electrons. The van der Waals surface area contributed by atoms with E-state index in [1.165, 1.54) is 0 Å². The molecule has 0 bridgehead atoms. The average molecular weight is 172 g/mol. The Labute approximate surface area is 66.6 Å². The maximum absolute atomic E-state index is 8.31. The first kappa shape index (κ1) is 12.3. The molecule has 0 aromatic rings. The van der Waals surface area contributed by atoms with Crippen molar-refractivity contribution in [2.75, 3.05) is 24.7 Å².